The highest BCUT2D eigenvalue weighted by Gasteiger charge is 2.38. The highest BCUT2D eigenvalue weighted by Crippen LogP contribution is 2.05. The average Bonchev–Trinajstić information content (AvgIpc) is 2.64. The molecule has 154 valence electrons. The number of ether oxygens (including phenoxy) is 3. The smallest absolute Gasteiger partial charge is 0.458 e. The molecule has 0 bridgehead atoms. The Morgan fingerprint density at radius 2 is 1.30 bits per heavy atom. The molecule has 0 radical (unpaired) electrons. The van der Waals surface area contributed by atoms with Gasteiger partial charge >= 0.3 is 26.8 Å². The van der Waals surface area contributed by atoms with E-state index in [1.807, 2.05) is 0 Å². The average molecular weight is 405 g/mol. The summed E-state index contributed by atoms with van der Waals surface area (Å²) in [5.74, 6) is -1.33. The van der Waals surface area contributed by atoms with Crippen LogP contribution in [0.15, 0.2) is 24.3 Å². The van der Waals surface area contributed by atoms with Crippen LogP contribution in [0.1, 0.15) is 13.8 Å². The molecule has 0 heterocycles. The second kappa shape index (κ2) is 12.2. The van der Waals surface area contributed by atoms with Crippen LogP contribution in [0.25, 0.3) is 0 Å². The van der Waals surface area contributed by atoms with Gasteiger partial charge in [0.2, 0.25) is 0 Å². The highest BCUT2D eigenvalue weighted by molar-refractivity contribution is 6.61. The van der Waals surface area contributed by atoms with E-state index in [2.05, 4.69) is 18.5 Å². The van der Waals surface area contributed by atoms with Gasteiger partial charge in [0, 0.05) is 32.5 Å². The largest absolute Gasteiger partial charge is 0.520 e. The normalized spacial score (nSPS) is 10.9. The fourth-order valence-electron chi connectivity index (χ4n) is 1.54. The third-order valence-electron chi connectivity index (χ3n) is 3.15. The van der Waals surface area contributed by atoms with Crippen LogP contribution in [-0.4, -0.2) is 73.7 Å². The van der Waals surface area contributed by atoms with Crippen LogP contribution >= 0.6 is 0 Å². The molecule has 0 fully saturated rings. The van der Waals surface area contributed by atoms with Crippen LogP contribution in [0, 0.1) is 0 Å². The third kappa shape index (κ3) is 9.33. The van der Waals surface area contributed by atoms with Crippen molar-refractivity contribution in [3.63, 3.8) is 0 Å². The zero-order valence-electron chi connectivity index (χ0n) is 16.3. The van der Waals surface area contributed by atoms with Crippen molar-refractivity contribution in [2.75, 3.05) is 40.7 Å². The Bertz CT molecular complexity index is 522. The van der Waals surface area contributed by atoms with Crippen LogP contribution < -0.4 is 5.32 Å². The number of carbonyl (C=O) groups is 3. The van der Waals surface area contributed by atoms with Crippen molar-refractivity contribution in [1.29, 1.82) is 0 Å². The lowest BCUT2D eigenvalue weighted by molar-refractivity contribution is -0.147. The molecule has 0 saturated carbocycles. The quantitative estimate of drug-likeness (QED) is 0.217. The van der Waals surface area contributed by atoms with Crippen molar-refractivity contribution in [3.05, 3.63) is 24.3 Å². The second-order valence-electron chi connectivity index (χ2n) is 5.43. The van der Waals surface area contributed by atoms with Gasteiger partial charge < -0.3 is 32.8 Å². The number of rotatable bonds is 12. The van der Waals surface area contributed by atoms with Gasteiger partial charge in [0.05, 0.1) is 6.17 Å². The van der Waals surface area contributed by atoms with Crippen LogP contribution in [-0.2, 0) is 37.1 Å². The molecule has 0 unspecified atom stereocenters. The summed E-state index contributed by atoms with van der Waals surface area (Å²) in [6, 6.07) is 0. The molecule has 1 N–H and O–H groups in total. The van der Waals surface area contributed by atoms with Crippen LogP contribution in [0.2, 0.25) is 0 Å². The fraction of sp³-hybridized carbons (Fsp3) is 0.562. The number of nitrogens with one attached hydrogen (secondary N) is 1. The summed E-state index contributed by atoms with van der Waals surface area (Å²) < 4.78 is 30.5. The van der Waals surface area contributed by atoms with E-state index in [0.717, 1.165) is 0 Å². The number of hydrogen-bond acceptors (Lipinski definition) is 9. The van der Waals surface area contributed by atoms with Crippen molar-refractivity contribution in [1.82, 2.24) is 5.32 Å². The molecule has 11 heteroatoms. The van der Waals surface area contributed by atoms with E-state index in [9.17, 15) is 14.4 Å². The zero-order valence-corrected chi connectivity index (χ0v) is 17.3. The summed E-state index contributed by atoms with van der Waals surface area (Å²) in [4.78, 5) is 35.0. The van der Waals surface area contributed by atoms with E-state index in [0.29, 0.717) is 0 Å². The number of amides is 1. The molecule has 0 aliphatic carbocycles. The first-order chi connectivity index (χ1) is 12.6. The first-order valence-corrected chi connectivity index (χ1v) is 9.79. The summed E-state index contributed by atoms with van der Waals surface area (Å²) in [5.41, 5.74) is 0.349. The van der Waals surface area contributed by atoms with Crippen molar-refractivity contribution in [3.8, 4) is 0 Å². The molecule has 0 spiro atoms. The minimum atomic E-state index is -3.04. The Labute approximate surface area is 159 Å². The van der Waals surface area contributed by atoms with Crippen molar-refractivity contribution >= 4 is 26.8 Å². The van der Waals surface area contributed by atoms with E-state index in [1.54, 1.807) is 0 Å². The highest BCUT2D eigenvalue weighted by atomic mass is 28.4. The standard InChI is InChI=1S/C16H27NO9Si/c1-11(2)14(18)24-8-13(9-25-15(19)12(3)4)26-16(20)17-10-27(21-5,22-6)23-7/h13H,1,3,8-10H2,2,4-7H3,(H,17,20). The Balaban J connectivity index is 4.81. The molecule has 0 aromatic rings. The minimum absolute atomic E-state index is 0.0564. The zero-order chi connectivity index (χ0) is 21.0. The number of esters is 2. The second-order valence-corrected chi connectivity index (χ2v) is 8.38. The molecule has 0 rings (SSSR count). The van der Waals surface area contributed by atoms with Gasteiger partial charge in [0.15, 0.2) is 6.10 Å². The summed E-state index contributed by atoms with van der Waals surface area (Å²) >= 11 is 0. The number of carbonyl (C=O) groups excluding carboxylic acids is 3. The molecule has 0 aliphatic rings. The topological polar surface area (TPSA) is 119 Å². The molecule has 27 heavy (non-hydrogen) atoms. The van der Waals surface area contributed by atoms with Gasteiger partial charge in [0.1, 0.15) is 13.2 Å². The third-order valence-corrected chi connectivity index (χ3v) is 5.63. The molecule has 0 aromatic carbocycles. The first-order valence-electron chi connectivity index (χ1n) is 7.86. The summed E-state index contributed by atoms with van der Waals surface area (Å²) in [5, 5.41) is 2.44. The SMILES string of the molecule is C=C(C)C(=O)OCC(COC(=O)C(=C)C)OC(=O)NC[Si](OC)(OC)OC. The summed E-state index contributed by atoms with van der Waals surface area (Å²) in [7, 11) is 1.14. The van der Waals surface area contributed by atoms with Gasteiger partial charge in [-0.05, 0) is 13.8 Å². The van der Waals surface area contributed by atoms with E-state index in [1.165, 1.54) is 35.2 Å². The monoisotopic (exact) mass is 405 g/mol. The summed E-state index contributed by atoms with van der Waals surface area (Å²) in [6.07, 6.45) is -1.96. The molecular formula is C16H27NO9Si. The van der Waals surface area contributed by atoms with Gasteiger partial charge in [0.25, 0.3) is 0 Å². The Morgan fingerprint density at radius 1 is 0.889 bits per heavy atom. The Kier molecular flexibility index (Phi) is 11.2. The maximum Gasteiger partial charge on any atom is 0.520 e. The molecule has 0 aliphatic heterocycles. The van der Waals surface area contributed by atoms with Gasteiger partial charge in [-0.1, -0.05) is 13.2 Å². The van der Waals surface area contributed by atoms with Gasteiger partial charge in [-0.2, -0.15) is 0 Å². The number of hydrogen-bond donors (Lipinski definition) is 1. The van der Waals surface area contributed by atoms with Gasteiger partial charge in [-0.3, -0.25) is 0 Å². The first kappa shape index (κ1) is 24.8. The van der Waals surface area contributed by atoms with E-state index in [-0.39, 0.29) is 30.5 Å². The Hall–Kier alpha value is -2.21. The predicted molar refractivity (Wildman–Crippen MR) is 96.6 cm³/mol. The molecule has 10 nitrogen and oxygen atoms in total. The van der Waals surface area contributed by atoms with Crippen molar-refractivity contribution < 1.29 is 41.9 Å². The lowest BCUT2D eigenvalue weighted by Crippen LogP contribution is -2.53. The van der Waals surface area contributed by atoms with E-state index >= 15 is 0 Å². The lowest BCUT2D eigenvalue weighted by Gasteiger charge is -2.25. The van der Waals surface area contributed by atoms with E-state index in [4.69, 9.17) is 27.5 Å². The molecule has 0 atom stereocenters. The molecule has 0 saturated heterocycles. The Morgan fingerprint density at radius 3 is 1.63 bits per heavy atom. The van der Waals surface area contributed by atoms with Crippen molar-refractivity contribution in [2.24, 2.45) is 0 Å². The molecular weight excluding hydrogens is 378 g/mol. The van der Waals surface area contributed by atoms with Crippen LogP contribution in [0.5, 0.6) is 0 Å². The maximum atomic E-state index is 12.0. The molecule has 0 aromatic heterocycles. The fourth-order valence-corrected chi connectivity index (χ4v) is 2.83. The lowest BCUT2D eigenvalue weighted by atomic mass is 10.3. The minimum Gasteiger partial charge on any atom is -0.458 e. The predicted octanol–water partition coefficient (Wildman–Crippen LogP) is 0.737. The van der Waals surface area contributed by atoms with Gasteiger partial charge in [-0.25, -0.2) is 14.4 Å². The maximum absolute atomic E-state index is 12.0. The van der Waals surface area contributed by atoms with Gasteiger partial charge in [-0.15, -0.1) is 0 Å². The number of alkyl carbamates (subject to hydrolysis) is 1. The molecule has 1 amide bonds. The summed E-state index contributed by atoms with van der Waals surface area (Å²) in [6.45, 7) is 9.17. The van der Waals surface area contributed by atoms with Crippen LogP contribution in [0.4, 0.5) is 4.79 Å². The van der Waals surface area contributed by atoms with Crippen LogP contribution in [0.3, 0.4) is 0 Å². The van der Waals surface area contributed by atoms with Crippen molar-refractivity contribution in [2.45, 2.75) is 20.0 Å². The van der Waals surface area contributed by atoms with E-state index < -0.39 is 32.9 Å².